The van der Waals surface area contributed by atoms with Crippen molar-refractivity contribution >= 4 is 0 Å². The van der Waals surface area contributed by atoms with E-state index in [1.54, 1.807) is 6.20 Å². The molecule has 0 saturated heterocycles. The number of rotatable bonds is 2. The van der Waals surface area contributed by atoms with Gasteiger partial charge in [-0.1, -0.05) is 0 Å². The summed E-state index contributed by atoms with van der Waals surface area (Å²) in [6.07, 6.45) is 4.71. The zero-order chi connectivity index (χ0) is 8.55. The van der Waals surface area contributed by atoms with E-state index in [-0.39, 0.29) is 5.43 Å². The molecule has 1 aliphatic rings. The van der Waals surface area contributed by atoms with Crippen molar-refractivity contribution in [1.82, 2.24) is 10.2 Å². The third-order valence-electron chi connectivity index (χ3n) is 2.14. The van der Waals surface area contributed by atoms with Gasteiger partial charge in [-0.3, -0.25) is 14.7 Å². The summed E-state index contributed by atoms with van der Waals surface area (Å²) >= 11 is 0. The first-order valence-electron chi connectivity index (χ1n) is 4.06. The van der Waals surface area contributed by atoms with Gasteiger partial charge in [0.2, 0.25) is 5.43 Å². The lowest BCUT2D eigenvalue weighted by atomic mass is 10.1. The highest BCUT2D eigenvalue weighted by Crippen LogP contribution is 2.31. The van der Waals surface area contributed by atoms with Crippen molar-refractivity contribution in [2.75, 3.05) is 0 Å². The molecular weight excluding hydrogens is 156 g/mol. The quantitative estimate of drug-likeness (QED) is 0.608. The summed E-state index contributed by atoms with van der Waals surface area (Å²) in [6, 6.07) is 0. The van der Waals surface area contributed by atoms with Gasteiger partial charge in [-0.25, -0.2) is 0 Å². The monoisotopic (exact) mass is 166 g/mol. The van der Waals surface area contributed by atoms with Crippen LogP contribution < -0.4 is 11.0 Å². The molecule has 4 heteroatoms. The highest BCUT2D eigenvalue weighted by molar-refractivity contribution is 5.08. The van der Waals surface area contributed by atoms with Crippen LogP contribution in [0.5, 0.6) is 0 Å². The second kappa shape index (κ2) is 2.62. The third-order valence-corrected chi connectivity index (χ3v) is 2.14. The van der Waals surface area contributed by atoms with Crippen LogP contribution in [0.1, 0.15) is 18.4 Å². The summed E-state index contributed by atoms with van der Waals surface area (Å²) in [6.45, 7) is 0. The van der Waals surface area contributed by atoms with Crippen molar-refractivity contribution in [2.24, 2.45) is 5.92 Å². The maximum Gasteiger partial charge on any atom is 0.310 e. The second-order valence-corrected chi connectivity index (χ2v) is 3.24. The number of aromatic nitrogens is 2. The number of aromatic amines is 2. The minimum atomic E-state index is -0.548. The first-order chi connectivity index (χ1) is 5.77. The van der Waals surface area contributed by atoms with E-state index in [1.165, 1.54) is 12.8 Å². The van der Waals surface area contributed by atoms with Crippen molar-refractivity contribution in [3.05, 3.63) is 32.3 Å². The van der Waals surface area contributed by atoms with E-state index in [0.29, 0.717) is 11.5 Å². The molecule has 2 N–H and O–H groups in total. The average Bonchev–Trinajstić information content (AvgIpc) is 2.83. The molecule has 0 spiro atoms. The summed E-state index contributed by atoms with van der Waals surface area (Å²) in [7, 11) is 0. The molecule has 0 atom stereocenters. The molecule has 1 aliphatic carbocycles. The number of hydrogen-bond acceptors (Lipinski definition) is 2. The molecular formula is C8H10N2O2. The molecule has 0 bridgehead atoms. The predicted octanol–water partition coefficient (Wildman–Crippen LogP) is 0.0157. The van der Waals surface area contributed by atoms with E-state index >= 15 is 0 Å². The number of nitrogens with one attached hydrogen (secondary N) is 2. The van der Waals surface area contributed by atoms with E-state index in [4.69, 9.17) is 0 Å². The van der Waals surface area contributed by atoms with Crippen LogP contribution in [-0.4, -0.2) is 10.2 Å². The van der Waals surface area contributed by atoms with Crippen LogP contribution in [0.3, 0.4) is 0 Å². The first kappa shape index (κ1) is 7.34. The molecule has 0 aliphatic heterocycles. The predicted molar refractivity (Wildman–Crippen MR) is 44.1 cm³/mol. The zero-order valence-electron chi connectivity index (χ0n) is 6.59. The largest absolute Gasteiger partial charge is 0.310 e. The van der Waals surface area contributed by atoms with Crippen LogP contribution >= 0.6 is 0 Å². The Morgan fingerprint density at radius 2 is 2.17 bits per heavy atom. The van der Waals surface area contributed by atoms with E-state index < -0.39 is 5.56 Å². The lowest BCUT2D eigenvalue weighted by Gasteiger charge is -1.94. The molecule has 1 aromatic rings. The van der Waals surface area contributed by atoms with E-state index in [0.717, 1.165) is 6.42 Å². The van der Waals surface area contributed by atoms with Gasteiger partial charge in [-0.05, 0) is 25.2 Å². The van der Waals surface area contributed by atoms with Crippen molar-refractivity contribution < 1.29 is 0 Å². The molecule has 0 amide bonds. The summed E-state index contributed by atoms with van der Waals surface area (Å²) in [5.41, 5.74) is -0.324. The fraction of sp³-hybridized carbons (Fsp3) is 0.500. The Balaban J connectivity index is 2.35. The Morgan fingerprint density at radius 3 is 2.83 bits per heavy atom. The molecule has 0 aromatic carbocycles. The Bertz CT molecular complexity index is 387. The second-order valence-electron chi connectivity index (χ2n) is 3.24. The number of hydrogen-bond donors (Lipinski definition) is 2. The highest BCUT2D eigenvalue weighted by Gasteiger charge is 2.22. The number of H-pyrrole nitrogens is 2. The minimum absolute atomic E-state index is 0.388. The van der Waals surface area contributed by atoms with Gasteiger partial charge in [0.1, 0.15) is 0 Å². The van der Waals surface area contributed by atoms with Gasteiger partial charge in [-0.2, -0.15) is 0 Å². The van der Waals surface area contributed by atoms with Crippen LogP contribution in [0.4, 0.5) is 0 Å². The van der Waals surface area contributed by atoms with Crippen molar-refractivity contribution in [3.63, 3.8) is 0 Å². The van der Waals surface area contributed by atoms with Crippen LogP contribution in [0, 0.1) is 5.92 Å². The minimum Gasteiger partial charge on any atom is -0.305 e. The lowest BCUT2D eigenvalue weighted by molar-refractivity contribution is 0.802. The molecule has 64 valence electrons. The van der Waals surface area contributed by atoms with Gasteiger partial charge in [0.25, 0.3) is 0 Å². The molecule has 2 rings (SSSR count). The van der Waals surface area contributed by atoms with Crippen LogP contribution in [0.2, 0.25) is 0 Å². The van der Waals surface area contributed by atoms with Gasteiger partial charge in [0.15, 0.2) is 0 Å². The van der Waals surface area contributed by atoms with Crippen molar-refractivity contribution in [3.8, 4) is 0 Å². The van der Waals surface area contributed by atoms with Crippen LogP contribution in [0.15, 0.2) is 15.8 Å². The molecule has 0 unspecified atom stereocenters. The summed E-state index contributed by atoms with van der Waals surface area (Å²) in [4.78, 5) is 22.0. The fourth-order valence-electron chi connectivity index (χ4n) is 1.24. The highest BCUT2D eigenvalue weighted by atomic mass is 16.2. The van der Waals surface area contributed by atoms with Crippen LogP contribution in [-0.2, 0) is 6.42 Å². The molecule has 1 saturated carbocycles. The van der Waals surface area contributed by atoms with Gasteiger partial charge in [0, 0.05) is 11.8 Å². The van der Waals surface area contributed by atoms with E-state index in [9.17, 15) is 9.59 Å². The Labute approximate surface area is 68.6 Å². The van der Waals surface area contributed by atoms with Crippen LogP contribution in [0.25, 0.3) is 0 Å². The van der Waals surface area contributed by atoms with Gasteiger partial charge in [0.05, 0.1) is 0 Å². The summed E-state index contributed by atoms with van der Waals surface area (Å²) in [5.74, 6) is 0.632. The molecule has 1 fully saturated rings. The zero-order valence-corrected chi connectivity index (χ0v) is 6.59. The fourth-order valence-corrected chi connectivity index (χ4v) is 1.24. The maximum absolute atomic E-state index is 11.2. The molecule has 12 heavy (non-hydrogen) atoms. The summed E-state index contributed by atoms with van der Waals surface area (Å²) < 4.78 is 0. The van der Waals surface area contributed by atoms with Gasteiger partial charge >= 0.3 is 5.56 Å². The Morgan fingerprint density at radius 1 is 1.42 bits per heavy atom. The standard InChI is InChI=1S/C8H10N2O2/c11-7-6(3-5-1-2-5)4-9-10-8(7)12/h4-5H,1-3H2,(H,9,11)(H,10,12). The van der Waals surface area contributed by atoms with Gasteiger partial charge in [-0.15, -0.1) is 0 Å². The normalized spacial score (nSPS) is 16.3. The topological polar surface area (TPSA) is 65.7 Å². The Hall–Kier alpha value is -1.32. The SMILES string of the molecule is O=c1[nH][nH]cc(CC2CC2)c1=O. The van der Waals surface area contributed by atoms with Crippen molar-refractivity contribution in [2.45, 2.75) is 19.3 Å². The molecule has 4 nitrogen and oxygen atoms in total. The third kappa shape index (κ3) is 1.32. The maximum atomic E-state index is 11.2. The molecule has 1 heterocycles. The Kier molecular flexibility index (Phi) is 1.60. The first-order valence-corrected chi connectivity index (χ1v) is 4.06. The lowest BCUT2D eigenvalue weighted by Crippen LogP contribution is -2.30. The molecule has 0 radical (unpaired) electrons. The van der Waals surface area contributed by atoms with Gasteiger partial charge < -0.3 is 5.10 Å². The summed E-state index contributed by atoms with van der Waals surface area (Å²) in [5, 5.41) is 4.81. The molecule has 1 aromatic heterocycles. The van der Waals surface area contributed by atoms with E-state index in [1.807, 2.05) is 0 Å². The average molecular weight is 166 g/mol. The smallest absolute Gasteiger partial charge is 0.305 e. The van der Waals surface area contributed by atoms with Crippen molar-refractivity contribution in [1.29, 1.82) is 0 Å². The van der Waals surface area contributed by atoms with E-state index in [2.05, 4.69) is 10.2 Å².